The third kappa shape index (κ3) is 3.74. The Bertz CT molecular complexity index is 529. The van der Waals surface area contributed by atoms with Gasteiger partial charge in [0.1, 0.15) is 11.6 Å². The van der Waals surface area contributed by atoms with Crippen LogP contribution in [0, 0.1) is 17.6 Å². The molecule has 1 aliphatic carbocycles. The Labute approximate surface area is 128 Å². The molecule has 22 heavy (non-hydrogen) atoms. The van der Waals surface area contributed by atoms with Gasteiger partial charge in [0.15, 0.2) is 0 Å². The van der Waals surface area contributed by atoms with Crippen LogP contribution in [0.25, 0.3) is 0 Å². The molecule has 0 aromatic heterocycles. The van der Waals surface area contributed by atoms with Gasteiger partial charge in [0, 0.05) is 25.3 Å². The van der Waals surface area contributed by atoms with Crippen LogP contribution in [0.2, 0.25) is 0 Å². The van der Waals surface area contributed by atoms with Gasteiger partial charge in [0.25, 0.3) is 0 Å². The zero-order valence-electron chi connectivity index (χ0n) is 12.4. The molecule has 6 heteroatoms. The number of hydrogen-bond acceptors (Lipinski definition) is 2. The molecule has 0 spiro atoms. The number of halogens is 2. The molecule has 0 radical (unpaired) electrons. The normalized spacial score (nSPS) is 21.2. The Morgan fingerprint density at radius 3 is 2.68 bits per heavy atom. The van der Waals surface area contributed by atoms with Crippen molar-refractivity contribution >= 4 is 6.03 Å². The van der Waals surface area contributed by atoms with E-state index in [-0.39, 0.29) is 24.2 Å². The summed E-state index contributed by atoms with van der Waals surface area (Å²) in [6, 6.07) is 3.36. The van der Waals surface area contributed by atoms with Crippen molar-refractivity contribution in [2.24, 2.45) is 5.92 Å². The second kappa shape index (κ2) is 6.60. The molecule has 1 unspecified atom stereocenters. The quantitative estimate of drug-likeness (QED) is 0.908. The minimum atomic E-state index is -0.646. The predicted octanol–water partition coefficient (Wildman–Crippen LogP) is 2.68. The van der Waals surface area contributed by atoms with Crippen molar-refractivity contribution in [2.45, 2.75) is 31.9 Å². The Balaban J connectivity index is 1.46. The lowest BCUT2D eigenvalue weighted by Crippen LogP contribution is -2.39. The lowest BCUT2D eigenvalue weighted by molar-refractivity contribution is 0.0538. The van der Waals surface area contributed by atoms with E-state index in [4.69, 9.17) is 4.74 Å². The molecule has 0 bridgehead atoms. The molecule has 2 aliphatic rings. The molecule has 1 aromatic rings. The van der Waals surface area contributed by atoms with Gasteiger partial charge in [-0.05, 0) is 37.3 Å². The molecule has 1 saturated carbocycles. The summed E-state index contributed by atoms with van der Waals surface area (Å²) in [6.45, 7) is 1.78. The minimum absolute atomic E-state index is 0.0801. The van der Waals surface area contributed by atoms with Crippen LogP contribution in [-0.4, -0.2) is 36.7 Å². The molecule has 3 rings (SSSR count). The number of carbonyl (C=O) groups excluding carboxylic acids is 1. The number of carbonyl (C=O) groups is 1. The third-order valence-electron chi connectivity index (χ3n) is 4.17. The molecule has 2 amide bonds. The first-order valence-corrected chi connectivity index (χ1v) is 7.70. The van der Waals surface area contributed by atoms with Gasteiger partial charge < -0.3 is 15.0 Å². The van der Waals surface area contributed by atoms with Crippen molar-refractivity contribution in [3.8, 4) is 0 Å². The Morgan fingerprint density at radius 1 is 1.27 bits per heavy atom. The summed E-state index contributed by atoms with van der Waals surface area (Å²) in [7, 11) is 0. The average molecular weight is 310 g/mol. The van der Waals surface area contributed by atoms with Crippen LogP contribution in [0.15, 0.2) is 18.2 Å². The van der Waals surface area contributed by atoms with Crippen LogP contribution in [0.3, 0.4) is 0 Å². The molecule has 4 nitrogen and oxygen atoms in total. The smallest absolute Gasteiger partial charge is 0.317 e. The van der Waals surface area contributed by atoms with Gasteiger partial charge in [-0.3, -0.25) is 0 Å². The largest absolute Gasteiger partial charge is 0.376 e. The molecular formula is C16H20F2N2O2. The van der Waals surface area contributed by atoms with Crippen LogP contribution in [0.5, 0.6) is 0 Å². The molecular weight excluding hydrogens is 290 g/mol. The van der Waals surface area contributed by atoms with Gasteiger partial charge in [0.2, 0.25) is 0 Å². The molecule has 1 heterocycles. The summed E-state index contributed by atoms with van der Waals surface area (Å²) < 4.78 is 32.8. The SMILES string of the molecule is O=C(NCc1c(F)cccc1F)N1CCC(OCC2CC2)C1. The number of hydrogen-bond donors (Lipinski definition) is 1. The first-order chi connectivity index (χ1) is 10.6. The van der Waals surface area contributed by atoms with Crippen molar-refractivity contribution in [1.29, 1.82) is 0 Å². The number of rotatable bonds is 5. The van der Waals surface area contributed by atoms with Crippen LogP contribution < -0.4 is 5.32 Å². The number of likely N-dealkylation sites (tertiary alicyclic amines) is 1. The molecule has 1 atom stereocenters. The van der Waals surface area contributed by atoms with Crippen LogP contribution in [0.4, 0.5) is 13.6 Å². The number of nitrogens with one attached hydrogen (secondary N) is 1. The van der Waals surface area contributed by atoms with E-state index < -0.39 is 11.6 Å². The molecule has 1 N–H and O–H groups in total. The van der Waals surface area contributed by atoms with Crippen molar-refractivity contribution in [1.82, 2.24) is 10.2 Å². The summed E-state index contributed by atoms with van der Waals surface area (Å²) in [5.41, 5.74) is -0.114. The van der Waals surface area contributed by atoms with Crippen LogP contribution >= 0.6 is 0 Å². The standard InChI is InChI=1S/C16H20F2N2O2/c17-14-2-1-3-15(18)13(14)8-19-16(21)20-7-6-12(9-20)22-10-11-4-5-11/h1-3,11-12H,4-10H2,(H,19,21). The van der Waals surface area contributed by atoms with Crippen LogP contribution in [0.1, 0.15) is 24.8 Å². The Kier molecular flexibility index (Phi) is 4.57. The van der Waals surface area contributed by atoms with Crippen molar-refractivity contribution in [3.05, 3.63) is 35.4 Å². The first kappa shape index (κ1) is 15.2. The highest BCUT2D eigenvalue weighted by molar-refractivity contribution is 5.74. The van der Waals surface area contributed by atoms with Gasteiger partial charge in [-0.25, -0.2) is 13.6 Å². The van der Waals surface area contributed by atoms with E-state index in [1.54, 1.807) is 4.90 Å². The summed E-state index contributed by atoms with van der Waals surface area (Å²) >= 11 is 0. The predicted molar refractivity (Wildman–Crippen MR) is 77.2 cm³/mol. The zero-order valence-corrected chi connectivity index (χ0v) is 12.4. The zero-order chi connectivity index (χ0) is 15.5. The third-order valence-corrected chi connectivity index (χ3v) is 4.17. The van der Waals surface area contributed by atoms with E-state index in [1.165, 1.54) is 31.0 Å². The maximum atomic E-state index is 13.5. The highest BCUT2D eigenvalue weighted by atomic mass is 19.1. The summed E-state index contributed by atoms with van der Waals surface area (Å²) in [4.78, 5) is 13.7. The average Bonchev–Trinajstić information content (AvgIpc) is 3.21. The second-order valence-corrected chi connectivity index (χ2v) is 5.99. The molecule has 120 valence electrons. The van der Waals surface area contributed by atoms with E-state index in [0.717, 1.165) is 13.0 Å². The number of benzene rings is 1. The van der Waals surface area contributed by atoms with E-state index in [9.17, 15) is 13.6 Å². The number of nitrogens with zero attached hydrogens (tertiary/aromatic N) is 1. The maximum absolute atomic E-state index is 13.5. The number of amides is 2. The lowest BCUT2D eigenvalue weighted by atomic mass is 10.2. The molecule has 1 saturated heterocycles. The highest BCUT2D eigenvalue weighted by Gasteiger charge is 2.29. The van der Waals surface area contributed by atoms with Crippen molar-refractivity contribution in [3.63, 3.8) is 0 Å². The summed E-state index contributed by atoms with van der Waals surface area (Å²) in [5.74, 6) is -0.591. The van der Waals surface area contributed by atoms with Crippen LogP contribution in [-0.2, 0) is 11.3 Å². The number of urea groups is 1. The summed E-state index contributed by atoms with van der Waals surface area (Å²) in [6.07, 6.45) is 3.38. The first-order valence-electron chi connectivity index (χ1n) is 7.70. The van der Waals surface area contributed by atoms with Gasteiger partial charge in [-0.2, -0.15) is 0 Å². The fourth-order valence-corrected chi connectivity index (χ4v) is 2.58. The topological polar surface area (TPSA) is 41.6 Å². The van der Waals surface area contributed by atoms with E-state index in [2.05, 4.69) is 5.32 Å². The Morgan fingerprint density at radius 2 is 2.00 bits per heavy atom. The van der Waals surface area contributed by atoms with Crippen molar-refractivity contribution in [2.75, 3.05) is 19.7 Å². The van der Waals surface area contributed by atoms with Gasteiger partial charge in [-0.1, -0.05) is 6.07 Å². The summed E-state index contributed by atoms with van der Waals surface area (Å²) in [5, 5.41) is 2.57. The molecule has 1 aliphatic heterocycles. The Hall–Kier alpha value is -1.69. The minimum Gasteiger partial charge on any atom is -0.376 e. The van der Waals surface area contributed by atoms with E-state index >= 15 is 0 Å². The van der Waals surface area contributed by atoms with Gasteiger partial charge in [-0.15, -0.1) is 0 Å². The fraction of sp³-hybridized carbons (Fsp3) is 0.562. The van der Waals surface area contributed by atoms with E-state index in [0.29, 0.717) is 19.0 Å². The fourth-order valence-electron chi connectivity index (χ4n) is 2.58. The number of ether oxygens (including phenoxy) is 1. The maximum Gasteiger partial charge on any atom is 0.317 e. The second-order valence-electron chi connectivity index (χ2n) is 5.99. The van der Waals surface area contributed by atoms with Crippen molar-refractivity contribution < 1.29 is 18.3 Å². The van der Waals surface area contributed by atoms with E-state index in [1.807, 2.05) is 0 Å². The molecule has 2 fully saturated rings. The van der Waals surface area contributed by atoms with Gasteiger partial charge >= 0.3 is 6.03 Å². The van der Waals surface area contributed by atoms with Gasteiger partial charge in [0.05, 0.1) is 12.6 Å². The highest BCUT2D eigenvalue weighted by Crippen LogP contribution is 2.30. The monoisotopic (exact) mass is 310 g/mol. The molecule has 1 aromatic carbocycles. The lowest BCUT2D eigenvalue weighted by Gasteiger charge is -2.18.